The van der Waals surface area contributed by atoms with Crippen LogP contribution in [0.3, 0.4) is 0 Å². The van der Waals surface area contributed by atoms with Crippen LogP contribution in [0.25, 0.3) is 0 Å². The minimum absolute atomic E-state index is 0.210. The molecule has 0 saturated carbocycles. The Hall–Kier alpha value is -1.37. The quantitative estimate of drug-likeness (QED) is 0.850. The van der Waals surface area contributed by atoms with Gasteiger partial charge in [0, 0.05) is 32.2 Å². The van der Waals surface area contributed by atoms with Gasteiger partial charge in [-0.3, -0.25) is 4.90 Å². The van der Waals surface area contributed by atoms with E-state index in [-0.39, 0.29) is 5.56 Å². The van der Waals surface area contributed by atoms with E-state index >= 15 is 0 Å². The highest BCUT2D eigenvalue weighted by molar-refractivity contribution is 6.29. The molecule has 1 N–H and O–H groups in total. The van der Waals surface area contributed by atoms with E-state index in [2.05, 4.69) is 9.88 Å². The number of anilines is 1. The molecule has 0 aromatic carbocycles. The monoisotopic (exact) mass is 311 g/mol. The van der Waals surface area contributed by atoms with Crippen LogP contribution >= 0.6 is 11.6 Å². The molecular weight excluding hydrogens is 294 g/mol. The zero-order valence-electron chi connectivity index (χ0n) is 11.7. The summed E-state index contributed by atoms with van der Waals surface area (Å²) in [5.41, 5.74) is 0.210. The van der Waals surface area contributed by atoms with E-state index in [1.54, 1.807) is 0 Å². The van der Waals surface area contributed by atoms with Crippen LogP contribution in [0.1, 0.15) is 16.8 Å². The molecule has 2 saturated heterocycles. The Kier molecular flexibility index (Phi) is 4.28. The molecule has 2 aliphatic rings. The van der Waals surface area contributed by atoms with Crippen molar-refractivity contribution in [1.82, 2.24) is 9.88 Å². The van der Waals surface area contributed by atoms with Gasteiger partial charge in [0.1, 0.15) is 16.5 Å². The molecular formula is C14H18ClN3O3. The Morgan fingerprint density at radius 2 is 2.10 bits per heavy atom. The number of ether oxygens (including phenoxy) is 1. The topological polar surface area (TPSA) is 65.9 Å². The van der Waals surface area contributed by atoms with Crippen LogP contribution < -0.4 is 4.90 Å². The summed E-state index contributed by atoms with van der Waals surface area (Å²) < 4.78 is 5.37. The van der Waals surface area contributed by atoms with E-state index in [1.807, 2.05) is 4.90 Å². The minimum Gasteiger partial charge on any atom is -0.478 e. The molecule has 0 aliphatic carbocycles. The Morgan fingerprint density at radius 1 is 1.33 bits per heavy atom. The van der Waals surface area contributed by atoms with Gasteiger partial charge in [-0.15, -0.1) is 0 Å². The third-order valence-electron chi connectivity index (χ3n) is 4.10. The molecule has 7 heteroatoms. The van der Waals surface area contributed by atoms with Gasteiger partial charge in [0.05, 0.1) is 13.2 Å². The van der Waals surface area contributed by atoms with Crippen molar-refractivity contribution < 1.29 is 14.6 Å². The molecule has 3 rings (SSSR count). The summed E-state index contributed by atoms with van der Waals surface area (Å²) >= 11 is 5.93. The highest BCUT2D eigenvalue weighted by Crippen LogP contribution is 2.26. The fraction of sp³-hybridized carbons (Fsp3) is 0.571. The Morgan fingerprint density at radius 3 is 2.81 bits per heavy atom. The van der Waals surface area contributed by atoms with E-state index in [0.29, 0.717) is 17.0 Å². The summed E-state index contributed by atoms with van der Waals surface area (Å²) in [6, 6.07) is 3.47. The average molecular weight is 312 g/mol. The summed E-state index contributed by atoms with van der Waals surface area (Å²) in [7, 11) is 0. The van der Waals surface area contributed by atoms with Gasteiger partial charge in [0.2, 0.25) is 0 Å². The van der Waals surface area contributed by atoms with Gasteiger partial charge in [0.15, 0.2) is 0 Å². The second-order valence-electron chi connectivity index (χ2n) is 5.35. The van der Waals surface area contributed by atoms with Crippen molar-refractivity contribution in [2.24, 2.45) is 0 Å². The number of rotatable bonds is 3. The van der Waals surface area contributed by atoms with Gasteiger partial charge in [-0.2, -0.15) is 0 Å². The Balaban J connectivity index is 1.76. The van der Waals surface area contributed by atoms with Crippen molar-refractivity contribution >= 4 is 23.4 Å². The first kappa shape index (κ1) is 14.6. The zero-order valence-corrected chi connectivity index (χ0v) is 12.4. The first-order valence-corrected chi connectivity index (χ1v) is 7.49. The number of carboxylic acid groups (broad SMARTS) is 1. The molecule has 0 amide bonds. The van der Waals surface area contributed by atoms with Gasteiger partial charge in [-0.05, 0) is 18.6 Å². The molecule has 0 spiro atoms. The third kappa shape index (κ3) is 3.12. The number of aromatic nitrogens is 1. The molecule has 1 aromatic rings. The number of hydrogen-bond acceptors (Lipinski definition) is 5. The van der Waals surface area contributed by atoms with Gasteiger partial charge in [-0.1, -0.05) is 11.6 Å². The first-order chi connectivity index (χ1) is 10.1. The molecule has 1 unspecified atom stereocenters. The van der Waals surface area contributed by atoms with Crippen LogP contribution in [0.5, 0.6) is 0 Å². The first-order valence-electron chi connectivity index (χ1n) is 7.12. The lowest BCUT2D eigenvalue weighted by atomic mass is 10.2. The van der Waals surface area contributed by atoms with Crippen molar-refractivity contribution in [3.63, 3.8) is 0 Å². The van der Waals surface area contributed by atoms with Crippen LogP contribution in [-0.4, -0.2) is 66.4 Å². The van der Waals surface area contributed by atoms with Gasteiger partial charge < -0.3 is 14.7 Å². The summed E-state index contributed by atoms with van der Waals surface area (Å²) in [6.07, 6.45) is 1.01. The molecule has 3 heterocycles. The highest BCUT2D eigenvalue weighted by atomic mass is 35.5. The Bertz CT molecular complexity index is 534. The minimum atomic E-state index is -0.969. The predicted octanol–water partition coefficient (Wildman–Crippen LogP) is 1.34. The molecule has 1 atom stereocenters. The summed E-state index contributed by atoms with van der Waals surface area (Å²) in [5, 5.41) is 9.62. The summed E-state index contributed by atoms with van der Waals surface area (Å²) in [6.45, 7) is 5.00. The summed E-state index contributed by atoms with van der Waals surface area (Å²) in [4.78, 5) is 20.0. The van der Waals surface area contributed by atoms with E-state index in [0.717, 1.165) is 45.8 Å². The van der Waals surface area contributed by atoms with Crippen LogP contribution in [0.2, 0.25) is 5.15 Å². The number of pyridine rings is 1. The molecule has 21 heavy (non-hydrogen) atoms. The second-order valence-corrected chi connectivity index (χ2v) is 5.73. The molecule has 0 radical (unpaired) electrons. The average Bonchev–Trinajstić information content (AvgIpc) is 2.97. The third-order valence-corrected chi connectivity index (χ3v) is 4.31. The highest BCUT2D eigenvalue weighted by Gasteiger charge is 2.31. The number of halogens is 1. The standard InChI is InChI=1S/C14H18ClN3O3/c15-12-2-1-11(14(19)20)13(16-12)18-4-3-10(9-18)17-5-7-21-8-6-17/h1-2,10H,3-9H2,(H,19,20). The molecule has 2 aliphatic heterocycles. The predicted molar refractivity (Wildman–Crippen MR) is 79.2 cm³/mol. The van der Waals surface area contributed by atoms with Crippen LogP contribution in [0.4, 0.5) is 5.82 Å². The van der Waals surface area contributed by atoms with E-state index in [9.17, 15) is 9.90 Å². The fourth-order valence-electron chi connectivity index (χ4n) is 3.01. The van der Waals surface area contributed by atoms with Crippen LogP contribution in [0, 0.1) is 0 Å². The second kappa shape index (κ2) is 6.17. The largest absolute Gasteiger partial charge is 0.478 e. The fourth-order valence-corrected chi connectivity index (χ4v) is 3.15. The van der Waals surface area contributed by atoms with Crippen LogP contribution in [0.15, 0.2) is 12.1 Å². The Labute approximate surface area is 128 Å². The lowest BCUT2D eigenvalue weighted by Crippen LogP contribution is -2.44. The van der Waals surface area contributed by atoms with Gasteiger partial charge >= 0.3 is 5.97 Å². The number of nitrogens with zero attached hydrogens (tertiary/aromatic N) is 3. The molecule has 114 valence electrons. The molecule has 0 bridgehead atoms. The maximum atomic E-state index is 11.3. The molecule has 1 aromatic heterocycles. The van der Waals surface area contributed by atoms with E-state index in [4.69, 9.17) is 16.3 Å². The van der Waals surface area contributed by atoms with Crippen LogP contribution in [-0.2, 0) is 4.74 Å². The molecule has 2 fully saturated rings. The van der Waals surface area contributed by atoms with E-state index < -0.39 is 5.97 Å². The number of hydrogen-bond donors (Lipinski definition) is 1. The number of carboxylic acids is 1. The molecule has 6 nitrogen and oxygen atoms in total. The lowest BCUT2D eigenvalue weighted by molar-refractivity contribution is 0.0209. The van der Waals surface area contributed by atoms with Crippen molar-refractivity contribution in [3.05, 3.63) is 22.8 Å². The van der Waals surface area contributed by atoms with Crippen molar-refractivity contribution in [1.29, 1.82) is 0 Å². The van der Waals surface area contributed by atoms with Crippen molar-refractivity contribution in [2.45, 2.75) is 12.5 Å². The van der Waals surface area contributed by atoms with Gasteiger partial charge in [0.25, 0.3) is 0 Å². The van der Waals surface area contributed by atoms with Gasteiger partial charge in [-0.25, -0.2) is 9.78 Å². The zero-order chi connectivity index (χ0) is 14.8. The lowest BCUT2D eigenvalue weighted by Gasteiger charge is -2.32. The van der Waals surface area contributed by atoms with Crippen molar-refractivity contribution in [3.8, 4) is 0 Å². The maximum absolute atomic E-state index is 11.3. The SMILES string of the molecule is O=C(O)c1ccc(Cl)nc1N1CCC(N2CCOCC2)C1. The smallest absolute Gasteiger partial charge is 0.339 e. The normalized spacial score (nSPS) is 23.5. The maximum Gasteiger partial charge on any atom is 0.339 e. The number of morpholine rings is 1. The van der Waals surface area contributed by atoms with E-state index in [1.165, 1.54) is 12.1 Å². The number of aromatic carboxylic acids is 1. The number of carbonyl (C=O) groups is 1. The van der Waals surface area contributed by atoms with Crippen molar-refractivity contribution in [2.75, 3.05) is 44.3 Å². The summed E-state index contributed by atoms with van der Waals surface area (Å²) in [5.74, 6) is -0.491.